The van der Waals surface area contributed by atoms with Crippen molar-refractivity contribution in [3.63, 3.8) is 0 Å². The van der Waals surface area contributed by atoms with E-state index in [1.807, 2.05) is 13.0 Å². The first-order valence-corrected chi connectivity index (χ1v) is 6.01. The number of nitrogens with one attached hydrogen (secondary N) is 1. The lowest BCUT2D eigenvalue weighted by Crippen LogP contribution is -2.34. The monoisotopic (exact) mass is 265 g/mol. The van der Waals surface area contributed by atoms with E-state index in [4.69, 9.17) is 0 Å². The van der Waals surface area contributed by atoms with Gasteiger partial charge in [-0.1, -0.05) is 12.1 Å². The average molecular weight is 265 g/mol. The van der Waals surface area contributed by atoms with E-state index in [-0.39, 0.29) is 24.2 Å². The number of benzene rings is 1. The van der Waals surface area contributed by atoms with E-state index in [1.165, 1.54) is 4.90 Å². The smallest absolute Gasteiger partial charge is 0.272 e. The van der Waals surface area contributed by atoms with Gasteiger partial charge >= 0.3 is 0 Å². The summed E-state index contributed by atoms with van der Waals surface area (Å²) in [6.45, 7) is 3.78. The Labute approximate surface area is 112 Å². The van der Waals surface area contributed by atoms with Crippen molar-refractivity contribution in [2.75, 3.05) is 20.6 Å². The number of nitro benzene ring substituents is 1. The summed E-state index contributed by atoms with van der Waals surface area (Å²) in [5, 5.41) is 13.9. The van der Waals surface area contributed by atoms with Crippen molar-refractivity contribution in [1.29, 1.82) is 0 Å². The second-order valence-electron chi connectivity index (χ2n) is 4.69. The Hall–Kier alpha value is -1.95. The summed E-state index contributed by atoms with van der Waals surface area (Å²) in [5.74, 6) is -0.0338. The van der Waals surface area contributed by atoms with Crippen molar-refractivity contribution in [2.45, 2.75) is 19.9 Å². The minimum atomic E-state index is -0.392. The first-order chi connectivity index (χ1) is 8.82. The lowest BCUT2D eigenvalue weighted by molar-refractivity contribution is -0.385. The third-order valence-electron chi connectivity index (χ3n) is 2.99. The van der Waals surface area contributed by atoms with Crippen LogP contribution in [0.15, 0.2) is 18.2 Å². The van der Waals surface area contributed by atoms with Crippen LogP contribution in [-0.2, 0) is 4.79 Å². The molecule has 1 aromatic rings. The average Bonchev–Trinajstić information content (AvgIpc) is 2.35. The summed E-state index contributed by atoms with van der Waals surface area (Å²) in [4.78, 5) is 23.4. The van der Waals surface area contributed by atoms with Crippen LogP contribution in [0.5, 0.6) is 0 Å². The first kappa shape index (κ1) is 15.1. The molecule has 1 aromatic carbocycles. The molecular formula is C13H19N3O3. The number of amides is 1. The summed E-state index contributed by atoms with van der Waals surface area (Å²) >= 11 is 0. The highest BCUT2D eigenvalue weighted by atomic mass is 16.6. The van der Waals surface area contributed by atoms with E-state index in [9.17, 15) is 14.9 Å². The van der Waals surface area contributed by atoms with E-state index in [2.05, 4.69) is 5.32 Å². The van der Waals surface area contributed by atoms with Gasteiger partial charge in [0.1, 0.15) is 0 Å². The molecule has 6 heteroatoms. The number of likely N-dealkylation sites (N-methyl/N-ethyl adjacent to an activating group) is 1. The topological polar surface area (TPSA) is 75.5 Å². The SMILES string of the molecule is Cc1ccc(C(C)NCC(=O)N(C)C)cc1[N+](=O)[O-]. The van der Waals surface area contributed by atoms with Crippen LogP contribution < -0.4 is 5.32 Å². The number of hydrogen-bond acceptors (Lipinski definition) is 4. The van der Waals surface area contributed by atoms with Gasteiger partial charge in [0, 0.05) is 31.8 Å². The molecule has 1 atom stereocenters. The summed E-state index contributed by atoms with van der Waals surface area (Å²) in [7, 11) is 3.37. The quantitative estimate of drug-likeness (QED) is 0.648. The number of nitro groups is 1. The number of rotatable bonds is 5. The molecule has 0 saturated heterocycles. The van der Waals surface area contributed by atoms with Crippen LogP contribution in [0.2, 0.25) is 0 Å². The van der Waals surface area contributed by atoms with Gasteiger partial charge in [-0.25, -0.2) is 0 Å². The molecule has 0 spiro atoms. The molecule has 1 rings (SSSR count). The fourth-order valence-corrected chi connectivity index (χ4v) is 1.61. The molecule has 0 aliphatic heterocycles. The predicted octanol–water partition coefficient (Wildman–Crippen LogP) is 1.64. The number of nitrogens with zero attached hydrogens (tertiary/aromatic N) is 2. The molecule has 1 N–H and O–H groups in total. The van der Waals surface area contributed by atoms with Crippen molar-refractivity contribution in [1.82, 2.24) is 10.2 Å². The van der Waals surface area contributed by atoms with E-state index in [0.29, 0.717) is 5.56 Å². The van der Waals surface area contributed by atoms with Gasteiger partial charge < -0.3 is 10.2 Å². The summed E-state index contributed by atoms with van der Waals surface area (Å²) in [6.07, 6.45) is 0. The minimum Gasteiger partial charge on any atom is -0.348 e. The minimum absolute atomic E-state index is 0.0338. The fourth-order valence-electron chi connectivity index (χ4n) is 1.61. The molecule has 0 saturated carbocycles. The molecule has 0 heterocycles. The molecule has 0 radical (unpaired) electrons. The van der Waals surface area contributed by atoms with E-state index < -0.39 is 4.92 Å². The van der Waals surface area contributed by atoms with Crippen LogP contribution in [0.3, 0.4) is 0 Å². The fraction of sp³-hybridized carbons (Fsp3) is 0.462. The van der Waals surface area contributed by atoms with Crippen LogP contribution in [-0.4, -0.2) is 36.4 Å². The summed E-state index contributed by atoms with van der Waals surface area (Å²) in [6, 6.07) is 4.98. The van der Waals surface area contributed by atoms with Gasteiger partial charge in [0.25, 0.3) is 5.69 Å². The Morgan fingerprint density at radius 3 is 2.63 bits per heavy atom. The van der Waals surface area contributed by atoms with Crippen LogP contribution in [0.1, 0.15) is 24.1 Å². The number of aryl methyl sites for hydroxylation is 1. The lowest BCUT2D eigenvalue weighted by Gasteiger charge is -2.16. The number of carbonyl (C=O) groups excluding carboxylic acids is 1. The summed E-state index contributed by atoms with van der Waals surface area (Å²) < 4.78 is 0. The highest BCUT2D eigenvalue weighted by Crippen LogP contribution is 2.22. The maximum absolute atomic E-state index is 11.5. The van der Waals surface area contributed by atoms with Crippen LogP contribution in [0.25, 0.3) is 0 Å². The van der Waals surface area contributed by atoms with Gasteiger partial charge in [-0.15, -0.1) is 0 Å². The van der Waals surface area contributed by atoms with E-state index >= 15 is 0 Å². The zero-order valence-electron chi connectivity index (χ0n) is 11.6. The number of carbonyl (C=O) groups is 1. The van der Waals surface area contributed by atoms with Gasteiger partial charge in [-0.3, -0.25) is 14.9 Å². The molecule has 0 bridgehead atoms. The van der Waals surface area contributed by atoms with Gasteiger partial charge in [0.15, 0.2) is 0 Å². The van der Waals surface area contributed by atoms with Crippen LogP contribution in [0, 0.1) is 17.0 Å². The van der Waals surface area contributed by atoms with E-state index in [1.54, 1.807) is 33.2 Å². The third-order valence-corrected chi connectivity index (χ3v) is 2.99. The molecule has 1 amide bonds. The number of hydrogen-bond donors (Lipinski definition) is 1. The van der Waals surface area contributed by atoms with Crippen molar-refractivity contribution in [2.24, 2.45) is 0 Å². The molecule has 0 aliphatic rings. The Balaban J connectivity index is 2.77. The maximum Gasteiger partial charge on any atom is 0.272 e. The van der Waals surface area contributed by atoms with Gasteiger partial charge in [-0.2, -0.15) is 0 Å². The van der Waals surface area contributed by atoms with E-state index in [0.717, 1.165) is 5.56 Å². The van der Waals surface area contributed by atoms with Crippen molar-refractivity contribution < 1.29 is 9.72 Å². The maximum atomic E-state index is 11.5. The highest BCUT2D eigenvalue weighted by Gasteiger charge is 2.15. The van der Waals surface area contributed by atoms with Crippen LogP contribution >= 0.6 is 0 Å². The molecule has 0 fully saturated rings. The van der Waals surface area contributed by atoms with Crippen molar-refractivity contribution >= 4 is 11.6 Å². The Morgan fingerprint density at radius 2 is 2.11 bits per heavy atom. The van der Waals surface area contributed by atoms with Crippen molar-refractivity contribution in [3.05, 3.63) is 39.4 Å². The molecule has 1 unspecified atom stereocenters. The lowest BCUT2D eigenvalue weighted by atomic mass is 10.0. The van der Waals surface area contributed by atoms with Crippen LogP contribution in [0.4, 0.5) is 5.69 Å². The second-order valence-corrected chi connectivity index (χ2v) is 4.69. The van der Waals surface area contributed by atoms with Crippen molar-refractivity contribution in [3.8, 4) is 0 Å². The molecule has 19 heavy (non-hydrogen) atoms. The predicted molar refractivity (Wildman–Crippen MR) is 72.9 cm³/mol. The molecule has 0 aliphatic carbocycles. The van der Waals surface area contributed by atoms with Gasteiger partial charge in [0.2, 0.25) is 5.91 Å². The highest BCUT2D eigenvalue weighted by molar-refractivity contribution is 5.77. The first-order valence-electron chi connectivity index (χ1n) is 6.01. The second kappa shape index (κ2) is 6.29. The Bertz CT molecular complexity index is 486. The molecule has 104 valence electrons. The zero-order chi connectivity index (χ0) is 14.6. The molecular weight excluding hydrogens is 246 g/mol. The Kier molecular flexibility index (Phi) is 5.00. The summed E-state index contributed by atoms with van der Waals surface area (Å²) in [5.41, 5.74) is 1.53. The Morgan fingerprint density at radius 1 is 1.47 bits per heavy atom. The zero-order valence-corrected chi connectivity index (χ0v) is 11.6. The largest absolute Gasteiger partial charge is 0.348 e. The molecule has 0 aromatic heterocycles. The standard InChI is InChI=1S/C13H19N3O3/c1-9-5-6-11(7-12(9)16(18)19)10(2)14-8-13(17)15(3)4/h5-7,10,14H,8H2,1-4H3. The molecule has 6 nitrogen and oxygen atoms in total. The van der Waals surface area contributed by atoms with Gasteiger partial charge in [-0.05, 0) is 19.4 Å². The third kappa shape index (κ3) is 4.03. The van der Waals surface area contributed by atoms with Gasteiger partial charge in [0.05, 0.1) is 11.5 Å². The normalized spacial score (nSPS) is 12.0.